The summed E-state index contributed by atoms with van der Waals surface area (Å²) < 4.78 is 27.9. The van der Waals surface area contributed by atoms with Crippen molar-refractivity contribution in [2.45, 2.75) is 88.5 Å². The van der Waals surface area contributed by atoms with E-state index in [1.807, 2.05) is 47.6 Å². The summed E-state index contributed by atoms with van der Waals surface area (Å²) in [5.74, 6) is -0.647. The molecule has 6 rings (SSSR count). The molecule has 3 aromatic rings. The minimum atomic E-state index is -2.64. The van der Waals surface area contributed by atoms with Gasteiger partial charge in [-0.05, 0) is 49.8 Å². The van der Waals surface area contributed by atoms with Crippen molar-refractivity contribution in [3.8, 4) is 0 Å². The summed E-state index contributed by atoms with van der Waals surface area (Å²) in [6.45, 7) is 0.818. The number of carbonyl (C=O) groups is 1. The summed E-state index contributed by atoms with van der Waals surface area (Å²) >= 11 is 0. The molecule has 1 amide bonds. The van der Waals surface area contributed by atoms with Gasteiger partial charge in [-0.1, -0.05) is 44.2 Å². The molecule has 1 atom stereocenters. The molecule has 1 N–H and O–H groups in total. The van der Waals surface area contributed by atoms with E-state index in [9.17, 15) is 13.6 Å². The summed E-state index contributed by atoms with van der Waals surface area (Å²) in [4.78, 5) is 29.6. The van der Waals surface area contributed by atoms with Crippen LogP contribution in [0.3, 0.4) is 0 Å². The number of carbonyl (C=O) groups excluding carboxylic acids is 1. The zero-order chi connectivity index (χ0) is 27.5. The molecule has 1 unspecified atom stereocenters. The molecular formula is C32H39F2N5O. The predicted molar refractivity (Wildman–Crippen MR) is 151 cm³/mol. The molecule has 3 heterocycles. The second-order valence-corrected chi connectivity index (χ2v) is 12.0. The summed E-state index contributed by atoms with van der Waals surface area (Å²) in [5.41, 5.74) is 3.31. The van der Waals surface area contributed by atoms with E-state index in [2.05, 4.69) is 15.3 Å². The summed E-state index contributed by atoms with van der Waals surface area (Å²) in [6.07, 6.45) is 14.0. The highest BCUT2D eigenvalue weighted by Gasteiger charge is 2.37. The van der Waals surface area contributed by atoms with Gasteiger partial charge < -0.3 is 5.32 Å². The number of nitrogens with one attached hydrogen (secondary N) is 1. The lowest BCUT2D eigenvalue weighted by Crippen LogP contribution is -2.45. The molecule has 3 fully saturated rings. The predicted octanol–water partition coefficient (Wildman–Crippen LogP) is 6.62. The third kappa shape index (κ3) is 6.48. The molecule has 1 saturated heterocycles. The van der Waals surface area contributed by atoms with Gasteiger partial charge in [0.15, 0.2) is 0 Å². The maximum atomic E-state index is 14.0. The second-order valence-electron chi connectivity index (χ2n) is 12.0. The van der Waals surface area contributed by atoms with E-state index >= 15 is 0 Å². The molecule has 1 aromatic carbocycles. The third-order valence-electron chi connectivity index (χ3n) is 9.00. The molecule has 40 heavy (non-hydrogen) atoms. The van der Waals surface area contributed by atoms with Gasteiger partial charge in [0.1, 0.15) is 5.82 Å². The fourth-order valence-corrected chi connectivity index (χ4v) is 6.33. The highest BCUT2D eigenvalue weighted by Crippen LogP contribution is 2.35. The van der Waals surface area contributed by atoms with Crippen LogP contribution in [0.1, 0.15) is 104 Å². The van der Waals surface area contributed by atoms with E-state index in [4.69, 9.17) is 4.98 Å². The highest BCUT2D eigenvalue weighted by molar-refractivity contribution is 6.06. The number of rotatable bonds is 10. The van der Waals surface area contributed by atoms with Crippen molar-refractivity contribution in [2.24, 2.45) is 5.92 Å². The zero-order valence-corrected chi connectivity index (χ0v) is 23.1. The number of fused-ring (bicyclic) bond motifs is 1. The standard InChI is InChI=1S/C32H39F2N5O/c33-32(34)15-17-39(18-16-32)29(24-19-35-30(36-20-24)23-6-1-2-7-23)21-37-31(40)27-9-4-10-28-26(27)14-13-25(38-28)8-3-5-22-11-12-22/h4,9-10,13-14,19-20,22-23,29H,1-3,5-8,11-12,15-18,21H2,(H,37,40). The van der Waals surface area contributed by atoms with Crippen LogP contribution in [-0.4, -0.2) is 51.3 Å². The van der Waals surface area contributed by atoms with Gasteiger partial charge in [0.25, 0.3) is 11.8 Å². The summed E-state index contributed by atoms with van der Waals surface area (Å²) in [7, 11) is 0. The minimum Gasteiger partial charge on any atom is -0.350 e. The Bertz CT molecular complexity index is 1310. The number of hydrogen-bond donors (Lipinski definition) is 1. The van der Waals surface area contributed by atoms with Gasteiger partial charge in [0.2, 0.25) is 0 Å². The Balaban J connectivity index is 1.16. The number of amides is 1. The fourth-order valence-electron chi connectivity index (χ4n) is 6.33. The Morgan fingerprint density at radius 2 is 1.77 bits per heavy atom. The topological polar surface area (TPSA) is 71.0 Å². The van der Waals surface area contributed by atoms with E-state index in [1.54, 1.807) is 0 Å². The summed E-state index contributed by atoms with van der Waals surface area (Å²) in [6, 6.07) is 9.41. The lowest BCUT2D eigenvalue weighted by Gasteiger charge is -2.37. The Morgan fingerprint density at radius 3 is 2.50 bits per heavy atom. The van der Waals surface area contributed by atoms with Gasteiger partial charge in [-0.2, -0.15) is 0 Å². The van der Waals surface area contributed by atoms with Gasteiger partial charge in [0.05, 0.1) is 11.6 Å². The molecule has 2 saturated carbocycles. The first-order valence-electron chi connectivity index (χ1n) is 15.1. The second kappa shape index (κ2) is 11.9. The van der Waals surface area contributed by atoms with Crippen LogP contribution in [0, 0.1) is 5.92 Å². The zero-order valence-electron chi connectivity index (χ0n) is 23.1. The number of aromatic nitrogens is 3. The third-order valence-corrected chi connectivity index (χ3v) is 9.00. The van der Waals surface area contributed by atoms with E-state index in [1.165, 1.54) is 32.1 Å². The van der Waals surface area contributed by atoms with E-state index in [-0.39, 0.29) is 37.9 Å². The normalized spacial score (nSPS) is 20.6. The number of benzene rings is 1. The molecule has 8 heteroatoms. The van der Waals surface area contributed by atoms with Gasteiger partial charge in [-0.25, -0.2) is 18.7 Å². The Morgan fingerprint density at radius 1 is 1.02 bits per heavy atom. The Kier molecular flexibility index (Phi) is 8.05. The van der Waals surface area contributed by atoms with Gasteiger partial charge in [0, 0.05) is 73.0 Å². The first-order chi connectivity index (χ1) is 19.4. The van der Waals surface area contributed by atoms with Crippen LogP contribution in [0.4, 0.5) is 8.78 Å². The SMILES string of the molecule is O=C(NCC(c1cnc(C2CCCC2)nc1)N1CCC(F)(F)CC1)c1cccc2nc(CCCC3CC3)ccc12. The minimum absolute atomic E-state index is 0.184. The molecule has 2 aliphatic carbocycles. The number of pyridine rings is 1. The monoisotopic (exact) mass is 547 g/mol. The Hall–Kier alpha value is -3.00. The van der Waals surface area contributed by atoms with Gasteiger partial charge >= 0.3 is 0 Å². The fraction of sp³-hybridized carbons (Fsp3) is 0.562. The van der Waals surface area contributed by atoms with Gasteiger partial charge in [-0.3, -0.25) is 14.7 Å². The van der Waals surface area contributed by atoms with Crippen molar-refractivity contribution in [1.29, 1.82) is 0 Å². The van der Waals surface area contributed by atoms with Crippen molar-refractivity contribution < 1.29 is 13.6 Å². The first-order valence-corrected chi connectivity index (χ1v) is 15.1. The van der Waals surface area contributed by atoms with E-state index in [0.29, 0.717) is 18.0 Å². The molecular weight excluding hydrogens is 508 g/mol. The van der Waals surface area contributed by atoms with Gasteiger partial charge in [-0.15, -0.1) is 0 Å². The average molecular weight is 548 g/mol. The number of nitrogens with zero attached hydrogens (tertiary/aromatic N) is 4. The average Bonchev–Trinajstić information content (AvgIpc) is 3.62. The highest BCUT2D eigenvalue weighted by atomic mass is 19.3. The maximum absolute atomic E-state index is 14.0. The molecule has 2 aromatic heterocycles. The van der Waals surface area contributed by atoms with Crippen molar-refractivity contribution in [3.63, 3.8) is 0 Å². The van der Waals surface area contributed by atoms with E-state index < -0.39 is 5.92 Å². The number of hydrogen-bond acceptors (Lipinski definition) is 5. The summed E-state index contributed by atoms with van der Waals surface area (Å²) in [5, 5.41) is 3.92. The molecule has 0 radical (unpaired) electrons. The van der Waals surface area contributed by atoms with Crippen LogP contribution in [0.2, 0.25) is 0 Å². The largest absolute Gasteiger partial charge is 0.350 e. The maximum Gasteiger partial charge on any atom is 0.252 e. The van der Waals surface area contributed by atoms with E-state index in [0.717, 1.165) is 59.6 Å². The van der Waals surface area contributed by atoms with Crippen LogP contribution in [0.15, 0.2) is 42.7 Å². The van der Waals surface area contributed by atoms with Crippen LogP contribution < -0.4 is 5.32 Å². The van der Waals surface area contributed by atoms with Crippen molar-refractivity contribution >= 4 is 16.8 Å². The lowest BCUT2D eigenvalue weighted by atomic mass is 10.0. The molecule has 1 aliphatic heterocycles. The quantitative estimate of drug-likeness (QED) is 0.309. The lowest BCUT2D eigenvalue weighted by molar-refractivity contribution is -0.0632. The van der Waals surface area contributed by atoms with Crippen LogP contribution >= 0.6 is 0 Å². The van der Waals surface area contributed by atoms with Crippen molar-refractivity contribution in [2.75, 3.05) is 19.6 Å². The number of alkyl halides is 2. The molecule has 3 aliphatic rings. The van der Waals surface area contributed by atoms with Crippen LogP contribution in [0.5, 0.6) is 0 Å². The Labute approximate surface area is 235 Å². The molecule has 0 bridgehead atoms. The van der Waals surface area contributed by atoms with Crippen molar-refractivity contribution in [3.05, 3.63) is 65.4 Å². The number of piperidine rings is 1. The molecule has 212 valence electrons. The number of halogens is 2. The number of likely N-dealkylation sites (tertiary alicyclic amines) is 1. The smallest absolute Gasteiger partial charge is 0.252 e. The number of aryl methyl sites for hydroxylation is 1. The molecule has 6 nitrogen and oxygen atoms in total. The van der Waals surface area contributed by atoms with Crippen molar-refractivity contribution in [1.82, 2.24) is 25.2 Å². The van der Waals surface area contributed by atoms with Crippen LogP contribution in [0.25, 0.3) is 10.9 Å². The first kappa shape index (κ1) is 27.2. The van der Waals surface area contributed by atoms with Crippen LogP contribution in [-0.2, 0) is 6.42 Å². The molecule has 0 spiro atoms.